The summed E-state index contributed by atoms with van der Waals surface area (Å²) in [5, 5.41) is 5.41. The Morgan fingerprint density at radius 2 is 1.90 bits per heavy atom. The van der Waals surface area contributed by atoms with Crippen molar-refractivity contribution in [3.05, 3.63) is 34.2 Å². The molecule has 0 atom stereocenters. The number of amides is 2. The van der Waals surface area contributed by atoms with Crippen LogP contribution in [0.5, 0.6) is 0 Å². The van der Waals surface area contributed by atoms with Gasteiger partial charge in [0, 0.05) is 24.3 Å². The highest BCUT2D eigenvalue weighted by molar-refractivity contribution is 5.94. The first kappa shape index (κ1) is 15.9. The largest absolute Gasteiger partial charge is 0.355 e. The highest BCUT2D eigenvalue weighted by Gasteiger charge is 2.16. The van der Waals surface area contributed by atoms with Crippen LogP contribution in [0.2, 0.25) is 0 Å². The fourth-order valence-corrected chi connectivity index (χ4v) is 1.61. The van der Waals surface area contributed by atoms with Crippen LogP contribution in [0.3, 0.4) is 0 Å². The molecule has 0 bridgehead atoms. The zero-order valence-electron chi connectivity index (χ0n) is 12.3. The van der Waals surface area contributed by atoms with E-state index in [1.54, 1.807) is 6.92 Å². The van der Waals surface area contributed by atoms with Gasteiger partial charge in [-0.15, -0.1) is 0 Å². The molecule has 0 aromatic carbocycles. The van der Waals surface area contributed by atoms with Gasteiger partial charge in [0.1, 0.15) is 6.54 Å². The van der Waals surface area contributed by atoms with Crippen LogP contribution >= 0.6 is 0 Å². The Morgan fingerprint density at radius 3 is 2.45 bits per heavy atom. The summed E-state index contributed by atoms with van der Waals surface area (Å²) in [7, 11) is 0. The number of rotatable bonds is 4. The van der Waals surface area contributed by atoms with Crippen LogP contribution in [0, 0.1) is 0 Å². The maximum absolute atomic E-state index is 12.0. The minimum atomic E-state index is -0.363. The zero-order valence-corrected chi connectivity index (χ0v) is 12.3. The lowest BCUT2D eigenvalue weighted by Crippen LogP contribution is -2.41. The number of hydrogen-bond acceptors (Lipinski definition) is 3. The number of aromatic nitrogens is 1. The van der Waals surface area contributed by atoms with Gasteiger partial charge in [-0.25, -0.2) is 0 Å². The zero-order chi connectivity index (χ0) is 15.3. The van der Waals surface area contributed by atoms with Gasteiger partial charge in [0.15, 0.2) is 0 Å². The van der Waals surface area contributed by atoms with E-state index in [0.29, 0.717) is 12.1 Å². The molecule has 2 amide bonds. The van der Waals surface area contributed by atoms with Crippen molar-refractivity contribution < 1.29 is 9.59 Å². The summed E-state index contributed by atoms with van der Waals surface area (Å²) in [6, 6.07) is 2.74. The second kappa shape index (κ2) is 6.36. The Bertz CT molecular complexity index is 556. The van der Waals surface area contributed by atoms with Gasteiger partial charge in [0.25, 0.3) is 11.5 Å². The Balaban J connectivity index is 2.94. The van der Waals surface area contributed by atoms with Crippen LogP contribution in [0.15, 0.2) is 23.1 Å². The molecule has 0 unspecified atom stereocenters. The Labute approximate surface area is 118 Å². The fourth-order valence-electron chi connectivity index (χ4n) is 1.61. The summed E-state index contributed by atoms with van der Waals surface area (Å²) in [6.45, 7) is 7.82. The quantitative estimate of drug-likeness (QED) is 0.843. The third-order valence-electron chi connectivity index (χ3n) is 2.42. The molecular weight excluding hydrogens is 258 g/mol. The Hall–Kier alpha value is -2.11. The van der Waals surface area contributed by atoms with Gasteiger partial charge >= 0.3 is 0 Å². The van der Waals surface area contributed by atoms with Crippen molar-refractivity contribution in [2.45, 2.75) is 39.8 Å². The van der Waals surface area contributed by atoms with E-state index in [2.05, 4.69) is 10.6 Å². The van der Waals surface area contributed by atoms with Gasteiger partial charge in [0.05, 0.1) is 5.56 Å². The molecule has 1 heterocycles. The molecule has 1 aromatic rings. The average molecular weight is 279 g/mol. The van der Waals surface area contributed by atoms with E-state index in [1.165, 1.54) is 22.9 Å². The number of likely N-dealkylation sites (N-methyl/N-ethyl adjacent to an activating group) is 1. The number of nitrogens with one attached hydrogen (secondary N) is 2. The van der Waals surface area contributed by atoms with E-state index >= 15 is 0 Å². The first-order valence-corrected chi connectivity index (χ1v) is 6.52. The number of pyridine rings is 1. The number of hydrogen-bond donors (Lipinski definition) is 2. The normalized spacial score (nSPS) is 11.0. The molecule has 0 aliphatic heterocycles. The van der Waals surface area contributed by atoms with Crippen molar-refractivity contribution in [2.24, 2.45) is 0 Å². The Kier molecular flexibility index (Phi) is 5.07. The van der Waals surface area contributed by atoms with E-state index in [1.807, 2.05) is 20.8 Å². The summed E-state index contributed by atoms with van der Waals surface area (Å²) in [5.74, 6) is -0.537. The van der Waals surface area contributed by atoms with E-state index in [9.17, 15) is 14.4 Å². The lowest BCUT2D eigenvalue weighted by Gasteiger charge is -2.20. The topological polar surface area (TPSA) is 80.2 Å². The summed E-state index contributed by atoms with van der Waals surface area (Å²) in [4.78, 5) is 35.2. The molecule has 2 N–H and O–H groups in total. The molecule has 110 valence electrons. The van der Waals surface area contributed by atoms with Crippen molar-refractivity contribution in [3.8, 4) is 0 Å². The van der Waals surface area contributed by atoms with Gasteiger partial charge in [-0.1, -0.05) is 0 Å². The second-order valence-corrected chi connectivity index (χ2v) is 5.54. The van der Waals surface area contributed by atoms with E-state index in [0.717, 1.165) is 0 Å². The van der Waals surface area contributed by atoms with Crippen LogP contribution in [-0.4, -0.2) is 28.5 Å². The lowest BCUT2D eigenvalue weighted by molar-refractivity contribution is -0.121. The third kappa shape index (κ3) is 4.87. The van der Waals surface area contributed by atoms with Crippen LogP contribution in [-0.2, 0) is 11.3 Å². The summed E-state index contributed by atoms with van der Waals surface area (Å²) in [6.07, 6.45) is 1.40. The molecule has 0 saturated heterocycles. The van der Waals surface area contributed by atoms with Gasteiger partial charge in [-0.2, -0.15) is 0 Å². The highest BCUT2D eigenvalue weighted by atomic mass is 16.2. The molecule has 1 rings (SSSR count). The average Bonchev–Trinajstić information content (AvgIpc) is 2.30. The van der Waals surface area contributed by atoms with Crippen LogP contribution in [0.25, 0.3) is 0 Å². The predicted octanol–water partition coefficient (Wildman–Crippen LogP) is 0.513. The van der Waals surface area contributed by atoms with Crippen molar-refractivity contribution in [1.82, 2.24) is 15.2 Å². The minimum absolute atomic E-state index is 0.0939. The SMILES string of the molecule is CCNC(=O)Cn1cc(C(=O)NC(C)(C)C)ccc1=O. The maximum Gasteiger partial charge on any atom is 0.253 e. The van der Waals surface area contributed by atoms with Crippen molar-refractivity contribution in [1.29, 1.82) is 0 Å². The van der Waals surface area contributed by atoms with E-state index < -0.39 is 0 Å². The molecule has 0 aliphatic carbocycles. The Morgan fingerprint density at radius 1 is 1.25 bits per heavy atom. The summed E-state index contributed by atoms with van der Waals surface area (Å²) in [5.41, 5.74) is -0.329. The lowest BCUT2D eigenvalue weighted by atomic mass is 10.1. The molecule has 6 heteroatoms. The molecule has 0 spiro atoms. The number of nitrogens with zero attached hydrogens (tertiary/aromatic N) is 1. The third-order valence-corrected chi connectivity index (χ3v) is 2.42. The molecule has 0 radical (unpaired) electrons. The minimum Gasteiger partial charge on any atom is -0.355 e. The molecule has 6 nitrogen and oxygen atoms in total. The standard InChI is InChI=1S/C14H21N3O3/c1-5-15-11(18)9-17-8-10(6-7-12(17)19)13(20)16-14(2,3)4/h6-8H,5,9H2,1-4H3,(H,15,18)(H,16,20). The van der Waals surface area contributed by atoms with Crippen molar-refractivity contribution in [3.63, 3.8) is 0 Å². The molecule has 1 aromatic heterocycles. The van der Waals surface area contributed by atoms with E-state index in [4.69, 9.17) is 0 Å². The van der Waals surface area contributed by atoms with Crippen LogP contribution < -0.4 is 16.2 Å². The molecule has 0 fully saturated rings. The summed E-state index contributed by atoms with van der Waals surface area (Å²) >= 11 is 0. The van der Waals surface area contributed by atoms with Gasteiger partial charge in [-0.3, -0.25) is 14.4 Å². The van der Waals surface area contributed by atoms with Gasteiger partial charge in [0.2, 0.25) is 5.91 Å². The van der Waals surface area contributed by atoms with E-state index in [-0.39, 0.29) is 29.5 Å². The smallest absolute Gasteiger partial charge is 0.253 e. The highest BCUT2D eigenvalue weighted by Crippen LogP contribution is 2.03. The van der Waals surface area contributed by atoms with Gasteiger partial charge in [-0.05, 0) is 33.8 Å². The van der Waals surface area contributed by atoms with Crippen molar-refractivity contribution in [2.75, 3.05) is 6.54 Å². The number of carbonyl (C=O) groups excluding carboxylic acids is 2. The second-order valence-electron chi connectivity index (χ2n) is 5.54. The first-order valence-electron chi connectivity index (χ1n) is 6.52. The van der Waals surface area contributed by atoms with Crippen LogP contribution in [0.4, 0.5) is 0 Å². The summed E-state index contributed by atoms with van der Waals surface area (Å²) < 4.78 is 1.22. The van der Waals surface area contributed by atoms with Crippen molar-refractivity contribution >= 4 is 11.8 Å². The monoisotopic (exact) mass is 279 g/mol. The molecular formula is C14H21N3O3. The van der Waals surface area contributed by atoms with Gasteiger partial charge < -0.3 is 15.2 Å². The maximum atomic E-state index is 12.0. The molecule has 0 aliphatic rings. The van der Waals surface area contributed by atoms with Crippen LogP contribution in [0.1, 0.15) is 38.1 Å². The predicted molar refractivity (Wildman–Crippen MR) is 76.6 cm³/mol. The first-order chi connectivity index (χ1) is 9.23. The fraction of sp³-hybridized carbons (Fsp3) is 0.500. The number of carbonyl (C=O) groups is 2. The molecule has 20 heavy (non-hydrogen) atoms. The molecule has 0 saturated carbocycles.